The van der Waals surface area contributed by atoms with Crippen molar-refractivity contribution in [2.24, 2.45) is 23.5 Å². The normalized spacial score (nSPS) is 13.9. The molecule has 88 heavy (non-hydrogen) atoms. The van der Waals surface area contributed by atoms with Gasteiger partial charge in [-0.25, -0.2) is 0 Å². The van der Waals surface area contributed by atoms with E-state index >= 15 is 0 Å². The Bertz CT molecular complexity index is 3100. The quantitative estimate of drug-likeness (QED) is 0.0230. The number of unbranched alkanes of at least 4 members (excludes halogenated alkanes) is 1. The highest BCUT2D eigenvalue weighted by molar-refractivity contribution is 8.01. The van der Waals surface area contributed by atoms with Gasteiger partial charge in [0.05, 0.1) is 19.5 Å². The van der Waals surface area contributed by atoms with Crippen LogP contribution in [0, 0.1) is 17.8 Å². The van der Waals surface area contributed by atoms with Crippen LogP contribution in [0.4, 0.5) is 0 Å². The molecule has 4 aromatic carbocycles. The second kappa shape index (κ2) is 34.9. The van der Waals surface area contributed by atoms with Crippen LogP contribution in [0.25, 0.3) is 10.8 Å². The molecule has 0 saturated heterocycles. The van der Waals surface area contributed by atoms with E-state index in [1.54, 1.807) is 84.0 Å². The van der Waals surface area contributed by atoms with Crippen molar-refractivity contribution in [1.82, 2.24) is 47.9 Å². The van der Waals surface area contributed by atoms with Crippen molar-refractivity contribution < 1.29 is 72.9 Å². The largest absolute Gasteiger partial charge is 0.508 e. The summed E-state index contributed by atoms with van der Waals surface area (Å²) in [7, 11) is 0. The van der Waals surface area contributed by atoms with Crippen LogP contribution in [-0.4, -0.2) is 147 Å². The van der Waals surface area contributed by atoms with E-state index in [-0.39, 0.29) is 50.3 Å². The third-order valence-corrected chi connectivity index (χ3v) is 15.3. The maximum absolute atomic E-state index is 14.6. The van der Waals surface area contributed by atoms with Gasteiger partial charge in [-0.1, -0.05) is 108 Å². The van der Waals surface area contributed by atoms with Gasteiger partial charge in [-0.3, -0.25) is 57.5 Å². The van der Waals surface area contributed by atoms with E-state index in [0.717, 1.165) is 22.5 Å². The van der Waals surface area contributed by atoms with Gasteiger partial charge < -0.3 is 68.9 Å². The highest BCUT2D eigenvalue weighted by Gasteiger charge is 2.38. The number of carboxylic acid groups (broad SMARTS) is 2. The molecule has 4 aromatic rings. The summed E-state index contributed by atoms with van der Waals surface area (Å²) in [4.78, 5) is 161. The molecular weight excluding hydrogens is 1160 g/mol. The molecule has 0 heterocycles. The number of nitrogens with one attached hydrogen (secondary N) is 9. The minimum atomic E-state index is -1.70. The SMILES string of the molecule is CC(C)C[C@H](NC(=O)[C@@H](NC(=O)CNC(=O)c1ccccc1)C(C)C)C(=O)N[C@@H](CCCCNC(=O)C[C@](C)(Sc1cccc2ccccc12)C(=O)O)C(=O)N[C@@H](CCC(=O)O)C(=O)N[C@@H](Cc1ccc(O)cc1)C(=O)NCC(=O)N[C@H](C(N)=O)C(C)C. The van der Waals surface area contributed by atoms with E-state index in [2.05, 4.69) is 47.9 Å². The topological polar surface area (TPSA) is 400 Å². The van der Waals surface area contributed by atoms with E-state index in [1.807, 2.05) is 30.3 Å². The molecule has 10 amide bonds. The Morgan fingerprint density at radius 2 is 1.09 bits per heavy atom. The molecule has 0 aliphatic rings. The molecule has 26 heteroatoms. The third kappa shape index (κ3) is 23.7. The van der Waals surface area contributed by atoms with Crippen molar-refractivity contribution in [3.8, 4) is 5.75 Å². The number of carbonyl (C=O) groups is 12. The number of aliphatic carboxylic acids is 2. The van der Waals surface area contributed by atoms with Crippen molar-refractivity contribution in [3.05, 3.63) is 108 Å². The van der Waals surface area contributed by atoms with Gasteiger partial charge in [-0.05, 0) is 103 Å². The van der Waals surface area contributed by atoms with Crippen molar-refractivity contribution in [1.29, 1.82) is 0 Å². The highest BCUT2D eigenvalue weighted by Crippen LogP contribution is 2.39. The lowest BCUT2D eigenvalue weighted by atomic mass is 9.99. The van der Waals surface area contributed by atoms with Crippen LogP contribution in [0.5, 0.6) is 5.75 Å². The molecule has 0 fully saturated rings. The molecule has 14 N–H and O–H groups in total. The van der Waals surface area contributed by atoms with Crippen molar-refractivity contribution in [3.63, 3.8) is 0 Å². The van der Waals surface area contributed by atoms with E-state index < -0.39 is 156 Å². The Morgan fingerprint density at radius 1 is 0.545 bits per heavy atom. The standard InChI is InChI=1S/C62H82N10O15S/c1-35(2)30-45(70-60(85)53(37(5)6)72-50(76)33-65-55(80)40-17-9-8-10-18-40)59(84)67-43(21-13-14-29-64-48(74)32-62(7,61(86)87)88-47-22-15-19-39-16-11-12-20-42(39)47)57(82)68-44(27-28-51(77)78)58(83)69-46(31-38-23-25-41(73)26-24-38)56(81)66-34-49(75)71-52(36(3)4)54(63)79/h8-12,15-20,22-26,35-37,43-46,52-53,73H,13-14,21,27-34H2,1-7H3,(H2,63,79)(H,64,74)(H,65,80)(H,66,81)(H,67,84)(H,68,82)(H,69,83)(H,70,85)(H,71,75)(H,72,76)(H,77,78)(H,86,87)/t43-,44-,45-,46-,52-,53-,62-/m0/s1. The summed E-state index contributed by atoms with van der Waals surface area (Å²) in [6.07, 6.45) is -1.82. The smallest absolute Gasteiger partial charge is 0.320 e. The summed E-state index contributed by atoms with van der Waals surface area (Å²) in [5.41, 5.74) is 6.15. The number of phenols is 1. The lowest BCUT2D eigenvalue weighted by molar-refractivity contribution is -0.141. The maximum Gasteiger partial charge on any atom is 0.320 e. The minimum absolute atomic E-state index is 0.0110. The number of fused-ring (bicyclic) bond motifs is 1. The number of thioether (sulfide) groups is 1. The van der Waals surface area contributed by atoms with Crippen LogP contribution in [-0.2, 0) is 59.2 Å². The van der Waals surface area contributed by atoms with E-state index in [4.69, 9.17) is 5.73 Å². The summed E-state index contributed by atoms with van der Waals surface area (Å²) in [5.74, 6) is -11.9. The predicted octanol–water partition coefficient (Wildman–Crippen LogP) is 2.56. The number of hydrogen-bond donors (Lipinski definition) is 13. The number of benzene rings is 4. The zero-order valence-corrected chi connectivity index (χ0v) is 51.3. The molecule has 4 rings (SSSR count). The molecule has 25 nitrogen and oxygen atoms in total. The maximum atomic E-state index is 14.6. The van der Waals surface area contributed by atoms with Crippen molar-refractivity contribution in [2.75, 3.05) is 19.6 Å². The number of phenolic OH excluding ortho intramolecular Hbond substituents is 1. The van der Waals surface area contributed by atoms with Gasteiger partial charge in [0.1, 0.15) is 46.7 Å². The molecule has 7 atom stereocenters. The van der Waals surface area contributed by atoms with Crippen molar-refractivity contribution >= 4 is 93.5 Å². The molecule has 0 radical (unpaired) electrons. The first-order chi connectivity index (χ1) is 41.6. The Morgan fingerprint density at radius 3 is 1.68 bits per heavy atom. The molecule has 0 spiro atoms. The van der Waals surface area contributed by atoms with E-state index in [9.17, 15) is 72.9 Å². The van der Waals surface area contributed by atoms with Gasteiger partial charge >= 0.3 is 11.9 Å². The van der Waals surface area contributed by atoms with Crippen molar-refractivity contribution in [2.45, 2.75) is 146 Å². The fraction of sp³-hybridized carbons (Fsp3) is 0.452. The first kappa shape index (κ1) is 71.4. The minimum Gasteiger partial charge on any atom is -0.508 e. The van der Waals surface area contributed by atoms with E-state index in [1.165, 1.54) is 31.2 Å². The molecular formula is C62H82N10O15S. The number of carboxylic acids is 2. The number of nitrogens with two attached hydrogens (primary N) is 1. The average molecular weight is 1240 g/mol. The van der Waals surface area contributed by atoms with Crippen LogP contribution >= 0.6 is 11.8 Å². The monoisotopic (exact) mass is 1240 g/mol. The fourth-order valence-electron chi connectivity index (χ4n) is 9.11. The summed E-state index contributed by atoms with van der Waals surface area (Å²) in [5, 5.41) is 54.9. The first-order valence-corrected chi connectivity index (χ1v) is 29.8. The Labute approximate surface area is 515 Å². The van der Waals surface area contributed by atoms with Crippen LogP contribution in [0.15, 0.2) is 102 Å². The van der Waals surface area contributed by atoms with Crippen LogP contribution in [0.1, 0.15) is 109 Å². The van der Waals surface area contributed by atoms with Gasteiger partial charge in [-0.15, -0.1) is 11.8 Å². The van der Waals surface area contributed by atoms with Gasteiger partial charge in [0, 0.05) is 29.8 Å². The number of hydrogen-bond acceptors (Lipinski definition) is 14. The van der Waals surface area contributed by atoms with E-state index in [0.29, 0.717) is 16.0 Å². The van der Waals surface area contributed by atoms with Gasteiger partial charge in [0.25, 0.3) is 5.91 Å². The molecule has 0 unspecified atom stereocenters. The number of carbonyl (C=O) groups excluding carboxylic acids is 10. The van der Waals surface area contributed by atoms with Gasteiger partial charge in [-0.2, -0.15) is 0 Å². The second-order valence-electron chi connectivity index (χ2n) is 22.6. The molecule has 0 saturated carbocycles. The number of amides is 10. The Hall–Kier alpha value is -9.07. The number of aromatic hydroxyl groups is 1. The summed E-state index contributed by atoms with van der Waals surface area (Å²) < 4.78 is -1.59. The zero-order valence-electron chi connectivity index (χ0n) is 50.4. The summed E-state index contributed by atoms with van der Waals surface area (Å²) >= 11 is 1.03. The molecule has 0 aliphatic heterocycles. The highest BCUT2D eigenvalue weighted by atomic mass is 32.2. The summed E-state index contributed by atoms with van der Waals surface area (Å²) in [6, 6.07) is 18.2. The number of rotatable bonds is 36. The lowest BCUT2D eigenvalue weighted by Crippen LogP contribution is -2.60. The molecule has 0 aliphatic carbocycles. The predicted molar refractivity (Wildman–Crippen MR) is 328 cm³/mol. The van der Waals surface area contributed by atoms with Crippen LogP contribution in [0.2, 0.25) is 0 Å². The van der Waals surface area contributed by atoms with Gasteiger partial charge in [0.2, 0.25) is 53.2 Å². The Balaban J connectivity index is 1.59. The van der Waals surface area contributed by atoms with Crippen LogP contribution < -0.4 is 53.6 Å². The third-order valence-electron chi connectivity index (χ3n) is 14.0. The van der Waals surface area contributed by atoms with Crippen LogP contribution in [0.3, 0.4) is 0 Å². The molecule has 0 bridgehead atoms. The molecule has 476 valence electrons. The first-order valence-electron chi connectivity index (χ1n) is 28.9. The lowest BCUT2D eigenvalue weighted by Gasteiger charge is -2.28. The van der Waals surface area contributed by atoms with Gasteiger partial charge in [0.15, 0.2) is 0 Å². The summed E-state index contributed by atoms with van der Waals surface area (Å²) in [6.45, 7) is 10.4. The average Bonchev–Trinajstić information content (AvgIpc) is 3.65. The fourth-order valence-corrected chi connectivity index (χ4v) is 10.3. The number of primary amides is 1. The Kier molecular flexibility index (Phi) is 28.3. The zero-order chi connectivity index (χ0) is 65.3. The second-order valence-corrected chi connectivity index (χ2v) is 24.1. The molecule has 0 aromatic heterocycles.